The van der Waals surface area contributed by atoms with Crippen LogP contribution in [0.1, 0.15) is 83.1 Å². The maximum Gasteiger partial charge on any atom is 0.184 e. The molecular formula is C28H40Cl2O2. The van der Waals surface area contributed by atoms with Gasteiger partial charge < -0.3 is 0 Å². The second kappa shape index (κ2) is 7.70. The van der Waals surface area contributed by atoms with Crippen molar-refractivity contribution in [2.45, 2.75) is 92.8 Å². The number of rotatable bonds is 1. The van der Waals surface area contributed by atoms with Crippen LogP contribution in [0.15, 0.2) is 46.6 Å². The van der Waals surface area contributed by atoms with Gasteiger partial charge in [0.05, 0.1) is 0 Å². The Morgan fingerprint density at radius 3 is 1.00 bits per heavy atom. The Morgan fingerprint density at radius 2 is 0.812 bits per heavy atom. The molecule has 2 rings (SSSR count). The SMILES string of the molecule is CC(C)(C)C1=CC(C2=CC(Cl)(C(C)(C)C)C(=O)C(C(C)(C)C)=C2)=CC(Cl)(C(C)(C)C)C1=O. The molecule has 32 heavy (non-hydrogen) atoms. The van der Waals surface area contributed by atoms with Gasteiger partial charge in [-0.05, 0) is 57.1 Å². The first-order valence-corrected chi connectivity index (χ1v) is 12.1. The van der Waals surface area contributed by atoms with Gasteiger partial charge in [-0.15, -0.1) is 23.2 Å². The number of ketones is 2. The molecule has 0 bridgehead atoms. The molecule has 0 radical (unpaired) electrons. The highest BCUT2D eigenvalue weighted by Crippen LogP contribution is 2.51. The Hall–Kier alpha value is -1.12. The fourth-order valence-electron chi connectivity index (χ4n) is 4.04. The number of carbonyl (C=O) groups is 2. The third-order valence-corrected chi connectivity index (χ3v) is 8.29. The van der Waals surface area contributed by atoms with Crippen LogP contribution in [0.3, 0.4) is 0 Å². The van der Waals surface area contributed by atoms with E-state index in [1.165, 1.54) is 0 Å². The van der Waals surface area contributed by atoms with Crippen LogP contribution in [-0.4, -0.2) is 21.3 Å². The lowest BCUT2D eigenvalue weighted by atomic mass is 9.64. The molecule has 0 aromatic heterocycles. The minimum Gasteiger partial charge on any atom is -0.292 e. The van der Waals surface area contributed by atoms with Crippen molar-refractivity contribution >= 4 is 34.8 Å². The maximum atomic E-state index is 13.6. The number of carbonyl (C=O) groups excluding carboxylic acids is 2. The molecule has 0 aromatic rings. The van der Waals surface area contributed by atoms with Gasteiger partial charge in [0.1, 0.15) is 9.75 Å². The first-order valence-electron chi connectivity index (χ1n) is 11.3. The largest absolute Gasteiger partial charge is 0.292 e. The van der Waals surface area contributed by atoms with Crippen LogP contribution >= 0.6 is 23.2 Å². The average molecular weight is 480 g/mol. The van der Waals surface area contributed by atoms with Gasteiger partial charge in [-0.1, -0.05) is 83.1 Å². The van der Waals surface area contributed by atoms with Crippen LogP contribution in [0.2, 0.25) is 0 Å². The van der Waals surface area contributed by atoms with E-state index in [1.54, 1.807) is 0 Å². The minimum atomic E-state index is -1.20. The molecule has 4 heteroatoms. The van der Waals surface area contributed by atoms with Crippen LogP contribution < -0.4 is 0 Å². The topological polar surface area (TPSA) is 34.1 Å². The number of halogens is 2. The van der Waals surface area contributed by atoms with Crippen LogP contribution in [0, 0.1) is 21.7 Å². The monoisotopic (exact) mass is 478 g/mol. The summed E-state index contributed by atoms with van der Waals surface area (Å²) < 4.78 is 0. The van der Waals surface area contributed by atoms with E-state index in [1.807, 2.05) is 107 Å². The highest BCUT2D eigenvalue weighted by atomic mass is 35.5. The van der Waals surface area contributed by atoms with Crippen LogP contribution in [-0.2, 0) is 9.59 Å². The average Bonchev–Trinajstić information content (AvgIpc) is 2.55. The van der Waals surface area contributed by atoms with Crippen molar-refractivity contribution in [2.75, 3.05) is 0 Å². The predicted molar refractivity (Wildman–Crippen MR) is 137 cm³/mol. The highest BCUT2D eigenvalue weighted by molar-refractivity contribution is 6.41. The molecule has 0 heterocycles. The third kappa shape index (κ3) is 4.47. The number of hydrogen-bond donors (Lipinski definition) is 0. The molecule has 0 saturated carbocycles. The van der Waals surface area contributed by atoms with Crippen molar-refractivity contribution in [3.8, 4) is 0 Å². The quantitative estimate of drug-likeness (QED) is 0.357. The first-order chi connectivity index (χ1) is 14.0. The van der Waals surface area contributed by atoms with E-state index < -0.39 is 20.6 Å². The summed E-state index contributed by atoms with van der Waals surface area (Å²) in [5, 5.41) is 0. The van der Waals surface area contributed by atoms with Crippen molar-refractivity contribution in [1.29, 1.82) is 0 Å². The molecule has 2 unspecified atom stereocenters. The van der Waals surface area contributed by atoms with Gasteiger partial charge in [-0.2, -0.15) is 0 Å². The molecule has 0 fully saturated rings. The molecule has 0 aromatic carbocycles. The molecule has 0 amide bonds. The fraction of sp³-hybridized carbons (Fsp3) is 0.643. The second-order valence-corrected chi connectivity index (χ2v) is 14.6. The normalized spacial score (nSPS) is 28.2. The molecule has 178 valence electrons. The van der Waals surface area contributed by atoms with Gasteiger partial charge in [0.2, 0.25) is 0 Å². The minimum absolute atomic E-state index is 0.0663. The maximum absolute atomic E-state index is 13.6. The Bertz CT molecular complexity index is 883. The molecule has 0 spiro atoms. The standard InChI is InChI=1S/C28H40Cl2O2/c1-23(2,3)19-13-17(15-27(29,21(19)31)25(7,8)9)18-14-20(24(4,5)6)22(32)28(30,16-18)26(10,11)12/h13-16H,1-12H3. The molecule has 2 atom stereocenters. The number of alkyl halides is 2. The summed E-state index contributed by atoms with van der Waals surface area (Å²) in [6, 6.07) is 0. The summed E-state index contributed by atoms with van der Waals surface area (Å²) in [5.74, 6) is -0.133. The van der Waals surface area contributed by atoms with E-state index in [4.69, 9.17) is 23.2 Å². The van der Waals surface area contributed by atoms with Gasteiger partial charge >= 0.3 is 0 Å². The van der Waals surface area contributed by atoms with Crippen molar-refractivity contribution in [3.63, 3.8) is 0 Å². The Labute approximate surface area is 205 Å². The van der Waals surface area contributed by atoms with E-state index in [2.05, 4.69) is 0 Å². The van der Waals surface area contributed by atoms with Crippen molar-refractivity contribution in [3.05, 3.63) is 46.6 Å². The summed E-state index contributed by atoms with van der Waals surface area (Å²) in [5.41, 5.74) is 1.25. The number of allylic oxidation sites excluding steroid dienone is 8. The summed E-state index contributed by atoms with van der Waals surface area (Å²) in [6.45, 7) is 24.0. The van der Waals surface area contributed by atoms with E-state index in [-0.39, 0.29) is 22.4 Å². The lowest BCUT2D eigenvalue weighted by molar-refractivity contribution is -0.121. The Kier molecular flexibility index (Phi) is 6.53. The van der Waals surface area contributed by atoms with Gasteiger partial charge in [0, 0.05) is 11.1 Å². The van der Waals surface area contributed by atoms with Crippen molar-refractivity contribution in [2.24, 2.45) is 21.7 Å². The van der Waals surface area contributed by atoms with Crippen LogP contribution in [0.25, 0.3) is 0 Å². The zero-order valence-corrected chi connectivity index (χ0v) is 23.4. The molecule has 0 N–H and O–H groups in total. The van der Waals surface area contributed by atoms with Crippen LogP contribution in [0.4, 0.5) is 0 Å². The van der Waals surface area contributed by atoms with Gasteiger partial charge in [-0.25, -0.2) is 0 Å². The Balaban J connectivity index is 2.92. The number of Topliss-reactive ketones (excluding diaryl/α,β-unsaturated/α-hetero) is 2. The van der Waals surface area contributed by atoms with Crippen molar-refractivity contribution < 1.29 is 9.59 Å². The van der Waals surface area contributed by atoms with Gasteiger partial charge in [0.15, 0.2) is 11.6 Å². The van der Waals surface area contributed by atoms with E-state index in [0.29, 0.717) is 11.1 Å². The molecular weight excluding hydrogens is 439 g/mol. The summed E-state index contributed by atoms with van der Waals surface area (Å²) >= 11 is 14.2. The van der Waals surface area contributed by atoms with Gasteiger partial charge in [0.25, 0.3) is 0 Å². The molecule has 0 saturated heterocycles. The van der Waals surface area contributed by atoms with Crippen molar-refractivity contribution in [1.82, 2.24) is 0 Å². The fourth-order valence-corrected chi connectivity index (χ4v) is 4.48. The van der Waals surface area contributed by atoms with E-state index in [0.717, 1.165) is 11.1 Å². The Morgan fingerprint density at radius 1 is 0.562 bits per heavy atom. The molecule has 0 aliphatic heterocycles. The second-order valence-electron chi connectivity index (χ2n) is 13.4. The van der Waals surface area contributed by atoms with E-state index in [9.17, 15) is 9.59 Å². The lowest BCUT2D eigenvalue weighted by Crippen LogP contribution is -2.49. The molecule has 2 aliphatic rings. The lowest BCUT2D eigenvalue weighted by Gasteiger charge is -2.43. The molecule has 2 aliphatic carbocycles. The smallest absolute Gasteiger partial charge is 0.184 e. The number of hydrogen-bond acceptors (Lipinski definition) is 2. The van der Waals surface area contributed by atoms with E-state index >= 15 is 0 Å². The highest BCUT2D eigenvalue weighted by Gasteiger charge is 2.52. The molecule has 2 nitrogen and oxygen atoms in total. The first kappa shape index (κ1) is 27.1. The summed E-state index contributed by atoms with van der Waals surface area (Å²) in [6.07, 6.45) is 7.61. The third-order valence-electron chi connectivity index (χ3n) is 6.59. The van der Waals surface area contributed by atoms with Crippen LogP contribution in [0.5, 0.6) is 0 Å². The predicted octanol–water partition coefficient (Wildman–Crippen LogP) is 8.00. The zero-order chi connectivity index (χ0) is 25.3. The summed E-state index contributed by atoms with van der Waals surface area (Å²) in [4.78, 5) is 24.7. The van der Waals surface area contributed by atoms with Gasteiger partial charge in [-0.3, -0.25) is 9.59 Å². The zero-order valence-electron chi connectivity index (χ0n) is 21.9. The summed E-state index contributed by atoms with van der Waals surface area (Å²) in [7, 11) is 0.